The summed E-state index contributed by atoms with van der Waals surface area (Å²) in [7, 11) is 0. The minimum Gasteiger partial charge on any atom is -0.324 e. The molecule has 0 bridgehead atoms. The van der Waals surface area contributed by atoms with Crippen molar-refractivity contribution < 1.29 is 0 Å². The summed E-state index contributed by atoms with van der Waals surface area (Å²) in [5.41, 5.74) is 10.1. The van der Waals surface area contributed by atoms with Crippen LogP contribution in [-0.2, 0) is 0 Å². The third kappa shape index (κ3) is 4.11. The van der Waals surface area contributed by atoms with Gasteiger partial charge in [0.05, 0.1) is 0 Å². The fraction of sp³-hybridized carbons (Fsp3) is 0.600. The number of halogens is 1. The highest BCUT2D eigenvalue weighted by Gasteiger charge is 2.12. The maximum absolute atomic E-state index is 6.30. The van der Waals surface area contributed by atoms with E-state index < -0.39 is 0 Å². The van der Waals surface area contributed by atoms with Gasteiger partial charge < -0.3 is 5.73 Å². The Kier molecular flexibility index (Phi) is 5.68. The number of hydrogen-bond acceptors (Lipinski definition) is 1. The van der Waals surface area contributed by atoms with Gasteiger partial charge in [-0.1, -0.05) is 54.8 Å². The van der Waals surface area contributed by atoms with Crippen LogP contribution in [0.4, 0.5) is 0 Å². The zero-order valence-electron chi connectivity index (χ0n) is 11.4. The Balaban J connectivity index is 2.79. The van der Waals surface area contributed by atoms with Gasteiger partial charge in [-0.15, -0.1) is 0 Å². The van der Waals surface area contributed by atoms with Crippen molar-refractivity contribution in [3.63, 3.8) is 0 Å². The average molecular weight is 298 g/mol. The van der Waals surface area contributed by atoms with Crippen LogP contribution in [0, 0.1) is 19.8 Å². The van der Waals surface area contributed by atoms with Gasteiger partial charge in [-0.25, -0.2) is 0 Å². The van der Waals surface area contributed by atoms with E-state index in [1.54, 1.807) is 0 Å². The minimum absolute atomic E-state index is 0.169. The van der Waals surface area contributed by atoms with E-state index in [1.807, 2.05) is 0 Å². The maximum atomic E-state index is 6.30. The molecule has 0 saturated carbocycles. The maximum Gasteiger partial charge on any atom is 0.0297 e. The van der Waals surface area contributed by atoms with E-state index in [1.165, 1.54) is 34.0 Å². The topological polar surface area (TPSA) is 26.0 Å². The average Bonchev–Trinajstić information content (AvgIpc) is 2.25. The van der Waals surface area contributed by atoms with E-state index >= 15 is 0 Å². The Labute approximate surface area is 114 Å². The molecule has 0 aliphatic carbocycles. The molecule has 0 radical (unpaired) electrons. The fourth-order valence-corrected chi connectivity index (χ4v) is 2.60. The van der Waals surface area contributed by atoms with Crippen LogP contribution in [-0.4, -0.2) is 0 Å². The first kappa shape index (κ1) is 14.7. The predicted octanol–water partition coefficient (Wildman–Crippen LogP) is 4.89. The lowest BCUT2D eigenvalue weighted by atomic mass is 9.92. The molecule has 2 unspecified atom stereocenters. The molecular weight excluding hydrogens is 274 g/mol. The van der Waals surface area contributed by atoms with E-state index in [2.05, 4.69) is 55.8 Å². The van der Waals surface area contributed by atoms with Gasteiger partial charge in [-0.2, -0.15) is 0 Å². The van der Waals surface area contributed by atoms with E-state index in [0.717, 1.165) is 6.42 Å². The number of benzene rings is 1. The minimum atomic E-state index is 0.169. The van der Waals surface area contributed by atoms with Gasteiger partial charge in [0.15, 0.2) is 0 Å². The van der Waals surface area contributed by atoms with E-state index in [0.29, 0.717) is 5.92 Å². The molecule has 1 rings (SSSR count). The summed E-state index contributed by atoms with van der Waals surface area (Å²) in [4.78, 5) is 0. The molecule has 0 fully saturated rings. The van der Waals surface area contributed by atoms with Crippen molar-refractivity contribution in [1.82, 2.24) is 0 Å². The third-order valence-corrected chi connectivity index (χ3v) is 4.58. The van der Waals surface area contributed by atoms with Crippen LogP contribution in [0.1, 0.15) is 55.8 Å². The molecule has 2 atom stereocenters. The van der Waals surface area contributed by atoms with Crippen molar-refractivity contribution in [3.8, 4) is 0 Å². The van der Waals surface area contributed by atoms with Crippen LogP contribution >= 0.6 is 15.9 Å². The van der Waals surface area contributed by atoms with Crippen LogP contribution in [0.3, 0.4) is 0 Å². The normalized spacial score (nSPS) is 14.7. The second-order valence-corrected chi connectivity index (χ2v) is 6.00. The SMILES string of the molecule is CCCC(C)CC(N)c1cc(C)c(Br)c(C)c1. The molecular formula is C15H24BrN. The van der Waals surface area contributed by atoms with Crippen molar-refractivity contribution in [2.24, 2.45) is 11.7 Å². The van der Waals surface area contributed by atoms with Gasteiger partial charge >= 0.3 is 0 Å². The standard InChI is InChI=1S/C15H24BrN/c1-5-6-10(2)7-14(17)13-8-11(3)15(16)12(4)9-13/h8-10,14H,5-7,17H2,1-4H3. The van der Waals surface area contributed by atoms with Gasteiger partial charge in [0.2, 0.25) is 0 Å². The van der Waals surface area contributed by atoms with Crippen LogP contribution < -0.4 is 5.73 Å². The lowest BCUT2D eigenvalue weighted by molar-refractivity contribution is 0.440. The molecule has 0 heterocycles. The van der Waals surface area contributed by atoms with Gasteiger partial charge in [0, 0.05) is 10.5 Å². The molecule has 1 aromatic carbocycles. The molecule has 0 spiro atoms. The summed E-state index contributed by atoms with van der Waals surface area (Å²) in [6.07, 6.45) is 3.59. The molecule has 0 aliphatic rings. The van der Waals surface area contributed by atoms with Crippen LogP contribution in [0.15, 0.2) is 16.6 Å². The lowest BCUT2D eigenvalue weighted by Gasteiger charge is -2.18. The van der Waals surface area contributed by atoms with Crippen molar-refractivity contribution >= 4 is 15.9 Å². The monoisotopic (exact) mass is 297 g/mol. The molecule has 2 N–H and O–H groups in total. The highest BCUT2D eigenvalue weighted by Crippen LogP contribution is 2.28. The summed E-state index contributed by atoms with van der Waals surface area (Å²) in [5.74, 6) is 0.708. The Morgan fingerprint density at radius 2 is 1.76 bits per heavy atom. The first-order chi connectivity index (χ1) is 7.95. The van der Waals surface area contributed by atoms with Gasteiger partial charge in [0.25, 0.3) is 0 Å². The molecule has 1 nitrogen and oxygen atoms in total. The van der Waals surface area contributed by atoms with E-state index in [9.17, 15) is 0 Å². The highest BCUT2D eigenvalue weighted by atomic mass is 79.9. The molecule has 17 heavy (non-hydrogen) atoms. The van der Waals surface area contributed by atoms with E-state index in [4.69, 9.17) is 5.73 Å². The summed E-state index contributed by atoms with van der Waals surface area (Å²) in [6.45, 7) is 8.78. The van der Waals surface area contributed by atoms with Crippen molar-refractivity contribution in [2.45, 2.75) is 53.0 Å². The number of rotatable bonds is 5. The highest BCUT2D eigenvalue weighted by molar-refractivity contribution is 9.10. The Bertz CT molecular complexity index is 350. The number of aryl methyl sites for hydroxylation is 2. The largest absolute Gasteiger partial charge is 0.324 e. The first-order valence-corrected chi connectivity index (χ1v) is 7.27. The summed E-state index contributed by atoms with van der Waals surface area (Å²) < 4.78 is 1.20. The summed E-state index contributed by atoms with van der Waals surface area (Å²) >= 11 is 3.60. The zero-order valence-corrected chi connectivity index (χ0v) is 13.0. The van der Waals surface area contributed by atoms with Crippen LogP contribution in [0.5, 0.6) is 0 Å². The smallest absolute Gasteiger partial charge is 0.0297 e. The fourth-order valence-electron chi connectivity index (χ4n) is 2.37. The van der Waals surface area contributed by atoms with Crippen molar-refractivity contribution in [2.75, 3.05) is 0 Å². The van der Waals surface area contributed by atoms with Crippen LogP contribution in [0.2, 0.25) is 0 Å². The Morgan fingerprint density at radius 1 is 1.24 bits per heavy atom. The zero-order chi connectivity index (χ0) is 13.0. The third-order valence-electron chi connectivity index (χ3n) is 3.32. The van der Waals surface area contributed by atoms with E-state index in [-0.39, 0.29) is 6.04 Å². The predicted molar refractivity (Wildman–Crippen MR) is 79.2 cm³/mol. The van der Waals surface area contributed by atoms with Gasteiger partial charge in [0.1, 0.15) is 0 Å². The molecule has 1 aromatic rings. The van der Waals surface area contributed by atoms with Gasteiger partial charge in [-0.05, 0) is 42.9 Å². The van der Waals surface area contributed by atoms with Crippen molar-refractivity contribution in [3.05, 3.63) is 33.3 Å². The summed E-state index contributed by atoms with van der Waals surface area (Å²) in [5, 5.41) is 0. The Hall–Kier alpha value is -0.340. The second-order valence-electron chi connectivity index (χ2n) is 5.20. The summed E-state index contributed by atoms with van der Waals surface area (Å²) in [6, 6.07) is 4.59. The van der Waals surface area contributed by atoms with Crippen molar-refractivity contribution in [1.29, 1.82) is 0 Å². The molecule has 0 saturated heterocycles. The molecule has 0 amide bonds. The molecule has 0 aliphatic heterocycles. The first-order valence-electron chi connectivity index (χ1n) is 6.47. The lowest BCUT2D eigenvalue weighted by Crippen LogP contribution is -2.14. The molecule has 0 aromatic heterocycles. The quantitative estimate of drug-likeness (QED) is 0.822. The van der Waals surface area contributed by atoms with Gasteiger partial charge in [-0.3, -0.25) is 0 Å². The van der Waals surface area contributed by atoms with Crippen LogP contribution in [0.25, 0.3) is 0 Å². The molecule has 2 heteroatoms. The second kappa shape index (κ2) is 6.55. The molecule has 96 valence electrons. The number of nitrogens with two attached hydrogens (primary N) is 1. The number of hydrogen-bond donors (Lipinski definition) is 1. The Morgan fingerprint density at radius 3 is 2.24 bits per heavy atom.